The minimum absolute atomic E-state index is 0.0968. The summed E-state index contributed by atoms with van der Waals surface area (Å²) >= 11 is 0. The van der Waals surface area contributed by atoms with Crippen LogP contribution >= 0.6 is 0 Å². The van der Waals surface area contributed by atoms with E-state index in [4.69, 9.17) is 4.52 Å². The fraction of sp³-hybridized carbons (Fsp3) is 0.400. The van der Waals surface area contributed by atoms with Gasteiger partial charge in [0.15, 0.2) is 0 Å². The Morgan fingerprint density at radius 1 is 1.10 bits per heavy atom. The first-order valence-corrected chi connectivity index (χ1v) is 10.5. The Bertz CT molecular complexity index is 1060. The zero-order valence-electron chi connectivity index (χ0n) is 18.4. The lowest BCUT2D eigenvalue weighted by atomic mass is 9.87. The SMILES string of the molecule is Cc1ccc(C)c(CN2C(=O)CCC2c2nc(-c3ccc(C(C)(C)C)cc3)no2)c1. The average molecular weight is 404 g/mol. The van der Waals surface area contributed by atoms with Gasteiger partial charge in [0.1, 0.15) is 6.04 Å². The van der Waals surface area contributed by atoms with E-state index in [9.17, 15) is 4.79 Å². The highest BCUT2D eigenvalue weighted by molar-refractivity contribution is 5.79. The van der Waals surface area contributed by atoms with Crippen molar-refractivity contribution < 1.29 is 9.32 Å². The number of rotatable bonds is 4. The third-order valence-corrected chi connectivity index (χ3v) is 5.91. The fourth-order valence-corrected chi connectivity index (χ4v) is 3.95. The van der Waals surface area contributed by atoms with Crippen LogP contribution in [0.2, 0.25) is 0 Å². The second-order valence-corrected chi connectivity index (χ2v) is 9.29. The van der Waals surface area contributed by atoms with Crippen LogP contribution in [0, 0.1) is 13.8 Å². The van der Waals surface area contributed by atoms with E-state index in [0.717, 1.165) is 11.1 Å². The number of carbonyl (C=O) groups excluding carboxylic acids is 1. The quantitative estimate of drug-likeness (QED) is 0.576. The van der Waals surface area contributed by atoms with Gasteiger partial charge in [0.25, 0.3) is 0 Å². The Morgan fingerprint density at radius 2 is 1.83 bits per heavy atom. The Kier molecular flexibility index (Phi) is 5.22. The van der Waals surface area contributed by atoms with Crippen molar-refractivity contribution in [2.75, 3.05) is 0 Å². The summed E-state index contributed by atoms with van der Waals surface area (Å²) in [5.74, 6) is 1.22. The van der Waals surface area contributed by atoms with Crippen molar-refractivity contribution >= 4 is 5.91 Å². The number of aryl methyl sites for hydroxylation is 2. The summed E-state index contributed by atoms with van der Waals surface area (Å²) in [5.41, 5.74) is 5.81. The molecule has 3 aromatic rings. The third-order valence-electron chi connectivity index (χ3n) is 5.91. The molecule has 1 aliphatic rings. The first-order valence-electron chi connectivity index (χ1n) is 10.5. The zero-order chi connectivity index (χ0) is 21.5. The van der Waals surface area contributed by atoms with E-state index in [2.05, 4.69) is 75.1 Å². The molecule has 1 aliphatic heterocycles. The van der Waals surface area contributed by atoms with Gasteiger partial charge in [0.05, 0.1) is 0 Å². The predicted octanol–water partition coefficient (Wildman–Crippen LogP) is 5.51. The highest BCUT2D eigenvalue weighted by Gasteiger charge is 2.36. The van der Waals surface area contributed by atoms with Crippen molar-refractivity contribution in [1.29, 1.82) is 0 Å². The molecule has 5 heteroatoms. The van der Waals surface area contributed by atoms with Gasteiger partial charge in [-0.05, 0) is 42.4 Å². The molecule has 0 N–H and O–H groups in total. The van der Waals surface area contributed by atoms with Crippen molar-refractivity contribution in [3.8, 4) is 11.4 Å². The number of likely N-dealkylation sites (tertiary alicyclic amines) is 1. The molecule has 0 aliphatic carbocycles. The molecule has 156 valence electrons. The molecule has 2 heterocycles. The van der Waals surface area contributed by atoms with Gasteiger partial charge in [0, 0.05) is 18.5 Å². The summed E-state index contributed by atoms with van der Waals surface area (Å²) in [6.45, 7) is 11.3. The van der Waals surface area contributed by atoms with Crippen LogP contribution in [0.1, 0.15) is 67.8 Å². The maximum Gasteiger partial charge on any atom is 0.249 e. The standard InChI is InChI=1S/C25H29N3O2/c1-16-6-7-17(2)19(14-16)15-28-21(12-13-22(28)29)24-26-23(27-30-24)18-8-10-20(11-9-18)25(3,4)5/h6-11,14,21H,12-13,15H2,1-5H3. The van der Waals surface area contributed by atoms with Crippen LogP contribution in [0.5, 0.6) is 0 Å². The maximum atomic E-state index is 12.6. The van der Waals surface area contributed by atoms with E-state index in [1.165, 1.54) is 16.7 Å². The van der Waals surface area contributed by atoms with Crippen LogP contribution in [-0.4, -0.2) is 20.9 Å². The Hall–Kier alpha value is -2.95. The number of hydrogen-bond donors (Lipinski definition) is 0. The van der Waals surface area contributed by atoms with Crippen molar-refractivity contribution in [2.24, 2.45) is 0 Å². The van der Waals surface area contributed by atoms with Gasteiger partial charge in [0.2, 0.25) is 17.6 Å². The Labute approximate surface area is 178 Å². The van der Waals surface area contributed by atoms with Crippen molar-refractivity contribution in [1.82, 2.24) is 15.0 Å². The van der Waals surface area contributed by atoms with Crippen molar-refractivity contribution in [3.63, 3.8) is 0 Å². The molecule has 1 unspecified atom stereocenters. The van der Waals surface area contributed by atoms with Crippen LogP contribution in [0.4, 0.5) is 0 Å². The molecular formula is C25H29N3O2. The van der Waals surface area contributed by atoms with Crippen molar-refractivity contribution in [2.45, 2.75) is 65.5 Å². The van der Waals surface area contributed by atoms with Gasteiger partial charge in [-0.1, -0.05) is 74.0 Å². The van der Waals surface area contributed by atoms with Gasteiger partial charge in [-0.15, -0.1) is 0 Å². The highest BCUT2D eigenvalue weighted by atomic mass is 16.5. The molecule has 5 nitrogen and oxygen atoms in total. The van der Waals surface area contributed by atoms with Crippen LogP contribution in [0.15, 0.2) is 47.0 Å². The van der Waals surface area contributed by atoms with Gasteiger partial charge in [-0.2, -0.15) is 4.98 Å². The van der Waals surface area contributed by atoms with E-state index < -0.39 is 0 Å². The van der Waals surface area contributed by atoms with E-state index in [1.807, 2.05) is 17.0 Å². The normalized spacial score (nSPS) is 17.0. The molecular weight excluding hydrogens is 374 g/mol. The third kappa shape index (κ3) is 4.02. The molecule has 0 bridgehead atoms. The number of nitrogens with zero attached hydrogens (tertiary/aromatic N) is 3. The molecule has 0 radical (unpaired) electrons. The predicted molar refractivity (Wildman–Crippen MR) is 117 cm³/mol. The van der Waals surface area contributed by atoms with E-state index in [-0.39, 0.29) is 17.4 Å². The van der Waals surface area contributed by atoms with Crippen LogP contribution in [-0.2, 0) is 16.8 Å². The smallest absolute Gasteiger partial charge is 0.249 e. The minimum atomic E-state index is -0.174. The van der Waals surface area contributed by atoms with Gasteiger partial charge in [-0.3, -0.25) is 4.79 Å². The Morgan fingerprint density at radius 3 is 2.53 bits per heavy atom. The fourth-order valence-electron chi connectivity index (χ4n) is 3.95. The molecule has 1 aromatic heterocycles. The first kappa shape index (κ1) is 20.3. The van der Waals surface area contributed by atoms with Gasteiger partial charge in [-0.25, -0.2) is 0 Å². The lowest BCUT2D eigenvalue weighted by molar-refractivity contribution is -0.130. The zero-order valence-corrected chi connectivity index (χ0v) is 18.4. The maximum absolute atomic E-state index is 12.6. The molecule has 30 heavy (non-hydrogen) atoms. The largest absolute Gasteiger partial charge is 0.337 e. The van der Waals surface area contributed by atoms with Crippen LogP contribution in [0.25, 0.3) is 11.4 Å². The molecule has 2 aromatic carbocycles. The summed E-state index contributed by atoms with van der Waals surface area (Å²) < 4.78 is 5.62. The lowest BCUT2D eigenvalue weighted by Crippen LogP contribution is -2.27. The molecule has 1 fully saturated rings. The molecule has 0 spiro atoms. The summed E-state index contributed by atoms with van der Waals surface area (Å²) in [7, 11) is 0. The van der Waals surface area contributed by atoms with Crippen LogP contribution < -0.4 is 0 Å². The molecule has 1 amide bonds. The number of hydrogen-bond acceptors (Lipinski definition) is 4. The first-order chi connectivity index (χ1) is 14.2. The van der Waals surface area contributed by atoms with E-state index in [1.54, 1.807) is 0 Å². The summed E-state index contributed by atoms with van der Waals surface area (Å²) in [6, 6.07) is 14.4. The highest BCUT2D eigenvalue weighted by Crippen LogP contribution is 2.35. The van der Waals surface area contributed by atoms with E-state index in [0.29, 0.717) is 31.1 Å². The number of benzene rings is 2. The van der Waals surface area contributed by atoms with Gasteiger partial charge < -0.3 is 9.42 Å². The van der Waals surface area contributed by atoms with Crippen LogP contribution in [0.3, 0.4) is 0 Å². The molecule has 4 rings (SSSR count). The molecule has 1 saturated heterocycles. The van der Waals surface area contributed by atoms with Crippen molar-refractivity contribution in [3.05, 3.63) is 70.6 Å². The summed E-state index contributed by atoms with van der Waals surface area (Å²) in [4.78, 5) is 19.1. The lowest BCUT2D eigenvalue weighted by Gasteiger charge is -2.23. The second-order valence-electron chi connectivity index (χ2n) is 9.29. The average Bonchev–Trinajstić information content (AvgIpc) is 3.32. The Balaban J connectivity index is 1.57. The molecule has 1 atom stereocenters. The number of amides is 1. The topological polar surface area (TPSA) is 59.2 Å². The number of carbonyl (C=O) groups is 1. The number of aromatic nitrogens is 2. The summed E-state index contributed by atoms with van der Waals surface area (Å²) in [6.07, 6.45) is 1.21. The van der Waals surface area contributed by atoms with E-state index >= 15 is 0 Å². The molecule has 0 saturated carbocycles. The van der Waals surface area contributed by atoms with Gasteiger partial charge >= 0.3 is 0 Å². The monoisotopic (exact) mass is 403 g/mol. The summed E-state index contributed by atoms with van der Waals surface area (Å²) in [5, 5.41) is 4.20. The minimum Gasteiger partial charge on any atom is -0.337 e. The second kappa shape index (κ2) is 7.71.